The van der Waals surface area contributed by atoms with Crippen molar-refractivity contribution >= 4 is 16.9 Å². The Morgan fingerprint density at radius 3 is 2.14 bits per heavy atom. The molecule has 0 aliphatic carbocycles. The van der Waals surface area contributed by atoms with Crippen molar-refractivity contribution in [3.63, 3.8) is 0 Å². The van der Waals surface area contributed by atoms with Crippen LogP contribution in [-0.4, -0.2) is 16.7 Å². The highest BCUT2D eigenvalue weighted by Crippen LogP contribution is 2.35. The molecule has 0 bridgehead atoms. The van der Waals surface area contributed by atoms with E-state index < -0.39 is 0 Å². The first kappa shape index (κ1) is 13.7. The predicted octanol–water partition coefficient (Wildman–Crippen LogP) is 3.38. The molecular weight excluding hydrogens is 196 g/mol. The van der Waals surface area contributed by atoms with Crippen molar-refractivity contribution in [2.24, 2.45) is 0 Å². The second-order valence-corrected chi connectivity index (χ2v) is 4.54. The molecule has 0 unspecified atom stereocenters. The highest BCUT2D eigenvalue weighted by Gasteiger charge is 2.30. The molecule has 0 radical (unpaired) electrons. The number of thioether (sulfide) groups is 1. The zero-order chi connectivity index (χ0) is 11.2. The molecule has 0 fully saturated rings. The van der Waals surface area contributed by atoms with E-state index in [1.54, 1.807) is 6.92 Å². The molecule has 0 aliphatic heterocycles. The average Bonchev–Trinajstić information content (AvgIpc) is 2.16. The lowest BCUT2D eigenvalue weighted by molar-refractivity contribution is -0.108. The lowest BCUT2D eigenvalue weighted by Gasteiger charge is -2.29. The van der Waals surface area contributed by atoms with Crippen molar-refractivity contribution in [2.75, 3.05) is 6.61 Å². The first-order valence-electron chi connectivity index (χ1n) is 5.04. The fourth-order valence-electron chi connectivity index (χ4n) is 1.15. The second-order valence-electron chi connectivity index (χ2n) is 3.22. The Bertz CT molecular complexity index is 207. The third-order valence-corrected chi connectivity index (χ3v) is 3.71. The monoisotopic (exact) mass is 216 g/mol. The fraction of sp³-hybridized carbons (Fsp3) is 0.727. The number of carbonyl (C=O) groups excluding carboxylic acids is 1. The SMILES string of the molecule is C=C(C)C(=O)SC(CC)(CC)OCC. The molecule has 14 heavy (non-hydrogen) atoms. The molecule has 0 saturated heterocycles. The number of hydrogen-bond donors (Lipinski definition) is 0. The van der Waals surface area contributed by atoms with Gasteiger partial charge in [0, 0.05) is 6.61 Å². The summed E-state index contributed by atoms with van der Waals surface area (Å²) in [6, 6.07) is 0. The fourth-order valence-corrected chi connectivity index (χ4v) is 2.12. The molecule has 0 N–H and O–H groups in total. The number of hydrogen-bond acceptors (Lipinski definition) is 3. The smallest absolute Gasteiger partial charge is 0.217 e. The van der Waals surface area contributed by atoms with Crippen LogP contribution in [0.5, 0.6) is 0 Å². The van der Waals surface area contributed by atoms with Crippen molar-refractivity contribution in [3.05, 3.63) is 12.2 Å². The van der Waals surface area contributed by atoms with E-state index in [1.807, 2.05) is 20.8 Å². The first-order valence-corrected chi connectivity index (χ1v) is 5.85. The van der Waals surface area contributed by atoms with Gasteiger partial charge in [0.1, 0.15) is 4.93 Å². The Morgan fingerprint density at radius 2 is 1.86 bits per heavy atom. The van der Waals surface area contributed by atoms with Crippen molar-refractivity contribution < 1.29 is 9.53 Å². The molecule has 0 heterocycles. The van der Waals surface area contributed by atoms with E-state index >= 15 is 0 Å². The summed E-state index contributed by atoms with van der Waals surface area (Å²) in [6.45, 7) is 12.0. The van der Waals surface area contributed by atoms with Crippen LogP contribution in [0.1, 0.15) is 40.5 Å². The summed E-state index contributed by atoms with van der Waals surface area (Å²) < 4.78 is 5.65. The summed E-state index contributed by atoms with van der Waals surface area (Å²) in [5.74, 6) is 0. The molecule has 2 nitrogen and oxygen atoms in total. The molecule has 0 aromatic carbocycles. The molecule has 0 spiro atoms. The molecular formula is C11H20O2S. The Balaban J connectivity index is 4.49. The van der Waals surface area contributed by atoms with Crippen LogP contribution >= 0.6 is 11.8 Å². The largest absolute Gasteiger partial charge is 0.364 e. The van der Waals surface area contributed by atoms with Gasteiger partial charge in [0.15, 0.2) is 0 Å². The third kappa shape index (κ3) is 3.84. The van der Waals surface area contributed by atoms with Gasteiger partial charge in [-0.25, -0.2) is 0 Å². The standard InChI is InChI=1S/C11H20O2S/c1-6-11(7-2,13-8-3)14-10(12)9(4)5/h4,6-8H2,1-3,5H3. The van der Waals surface area contributed by atoms with Crippen LogP contribution in [-0.2, 0) is 9.53 Å². The molecule has 0 aromatic rings. The maximum Gasteiger partial charge on any atom is 0.217 e. The zero-order valence-electron chi connectivity index (χ0n) is 9.55. The maximum atomic E-state index is 11.5. The highest BCUT2D eigenvalue weighted by atomic mass is 32.2. The van der Waals surface area contributed by atoms with Crippen LogP contribution in [0.4, 0.5) is 0 Å². The van der Waals surface area contributed by atoms with Gasteiger partial charge >= 0.3 is 0 Å². The maximum absolute atomic E-state index is 11.5. The minimum Gasteiger partial charge on any atom is -0.364 e. The van der Waals surface area contributed by atoms with E-state index in [4.69, 9.17) is 4.74 Å². The van der Waals surface area contributed by atoms with Gasteiger partial charge in [-0.1, -0.05) is 20.4 Å². The molecule has 0 rings (SSSR count). The number of ether oxygens (including phenoxy) is 1. The van der Waals surface area contributed by atoms with Crippen LogP contribution in [0.15, 0.2) is 12.2 Å². The number of carbonyl (C=O) groups is 1. The molecule has 0 amide bonds. The minimum absolute atomic E-state index is 0.0298. The summed E-state index contributed by atoms with van der Waals surface area (Å²) in [7, 11) is 0. The Labute approximate surface area is 91.1 Å². The summed E-state index contributed by atoms with van der Waals surface area (Å²) in [5.41, 5.74) is 0.584. The van der Waals surface area contributed by atoms with E-state index in [0.29, 0.717) is 12.2 Å². The van der Waals surface area contributed by atoms with Crippen LogP contribution in [0.2, 0.25) is 0 Å². The van der Waals surface area contributed by atoms with E-state index in [9.17, 15) is 4.79 Å². The predicted molar refractivity (Wildman–Crippen MR) is 62.4 cm³/mol. The van der Waals surface area contributed by atoms with Crippen molar-refractivity contribution in [1.29, 1.82) is 0 Å². The van der Waals surface area contributed by atoms with Gasteiger partial charge in [-0.05, 0) is 44.0 Å². The van der Waals surface area contributed by atoms with Gasteiger partial charge in [0.2, 0.25) is 5.12 Å². The summed E-state index contributed by atoms with van der Waals surface area (Å²) in [4.78, 5) is 11.2. The lowest BCUT2D eigenvalue weighted by Crippen LogP contribution is -2.28. The third-order valence-electron chi connectivity index (χ3n) is 2.11. The van der Waals surface area contributed by atoms with Gasteiger partial charge in [-0.2, -0.15) is 0 Å². The zero-order valence-corrected chi connectivity index (χ0v) is 10.4. The normalized spacial score (nSPS) is 11.4. The van der Waals surface area contributed by atoms with Crippen LogP contribution < -0.4 is 0 Å². The highest BCUT2D eigenvalue weighted by molar-refractivity contribution is 8.15. The van der Waals surface area contributed by atoms with E-state index in [2.05, 4.69) is 6.58 Å². The molecule has 0 aromatic heterocycles. The second kappa shape index (κ2) is 6.25. The lowest BCUT2D eigenvalue weighted by atomic mass is 10.2. The van der Waals surface area contributed by atoms with Crippen molar-refractivity contribution in [3.8, 4) is 0 Å². The summed E-state index contributed by atoms with van der Waals surface area (Å²) in [5, 5.41) is 0.0298. The summed E-state index contributed by atoms with van der Waals surface area (Å²) >= 11 is 1.26. The Kier molecular flexibility index (Phi) is 6.12. The van der Waals surface area contributed by atoms with Gasteiger partial charge in [0.05, 0.1) is 0 Å². The van der Waals surface area contributed by atoms with Gasteiger partial charge < -0.3 is 4.74 Å². The van der Waals surface area contributed by atoms with E-state index in [1.165, 1.54) is 11.8 Å². The quantitative estimate of drug-likeness (QED) is 0.503. The van der Waals surface area contributed by atoms with Gasteiger partial charge in [-0.15, -0.1) is 0 Å². The van der Waals surface area contributed by atoms with E-state index in [-0.39, 0.29) is 10.0 Å². The minimum atomic E-state index is -0.356. The topological polar surface area (TPSA) is 26.3 Å². The van der Waals surface area contributed by atoms with Crippen LogP contribution in [0.25, 0.3) is 0 Å². The van der Waals surface area contributed by atoms with Crippen molar-refractivity contribution in [2.45, 2.75) is 45.5 Å². The van der Waals surface area contributed by atoms with Crippen LogP contribution in [0, 0.1) is 0 Å². The molecule has 0 aliphatic rings. The Morgan fingerprint density at radius 1 is 1.36 bits per heavy atom. The summed E-state index contributed by atoms with van der Waals surface area (Å²) in [6.07, 6.45) is 1.67. The molecule has 82 valence electrons. The molecule has 0 saturated carbocycles. The van der Waals surface area contributed by atoms with E-state index in [0.717, 1.165) is 12.8 Å². The first-order chi connectivity index (χ1) is 6.51. The van der Waals surface area contributed by atoms with Gasteiger partial charge in [-0.3, -0.25) is 4.79 Å². The Hall–Kier alpha value is -0.280. The van der Waals surface area contributed by atoms with Gasteiger partial charge in [0.25, 0.3) is 0 Å². The molecule has 0 atom stereocenters. The average molecular weight is 216 g/mol. The molecule has 3 heteroatoms. The van der Waals surface area contributed by atoms with Crippen molar-refractivity contribution in [1.82, 2.24) is 0 Å². The number of rotatable bonds is 6. The van der Waals surface area contributed by atoms with Crippen LogP contribution in [0.3, 0.4) is 0 Å².